The maximum absolute atomic E-state index is 7.47. The van der Waals surface area contributed by atoms with Crippen molar-refractivity contribution >= 4 is 0 Å². The lowest BCUT2D eigenvalue weighted by molar-refractivity contribution is 0.0300. The van der Waals surface area contributed by atoms with Gasteiger partial charge in [-0.05, 0) is 27.4 Å². The fourth-order valence-corrected chi connectivity index (χ4v) is 0.102. The van der Waals surface area contributed by atoms with Gasteiger partial charge in [0.25, 0.3) is 0 Å². The van der Waals surface area contributed by atoms with Crippen LogP contribution in [0.5, 0.6) is 0 Å². The summed E-state index contributed by atoms with van der Waals surface area (Å²) in [5.74, 6) is 0. The van der Waals surface area contributed by atoms with Crippen LogP contribution in [-0.4, -0.2) is 12.2 Å². The molecule has 0 saturated carbocycles. The summed E-state index contributed by atoms with van der Waals surface area (Å²) < 4.78 is 104. The molecule has 0 radical (unpaired) electrons. The van der Waals surface area contributed by atoms with E-state index in [1.807, 2.05) is 0 Å². The van der Waals surface area contributed by atoms with Crippen molar-refractivity contribution in [2.24, 2.45) is 0 Å². The molecule has 0 aliphatic heterocycles. The minimum Gasteiger partial charge on any atom is -0.376 e. The number of rotatable bonds is 2. The van der Waals surface area contributed by atoms with E-state index in [2.05, 4.69) is 4.74 Å². The number of ether oxygens (including phenoxy) is 1. The van der Waals surface area contributed by atoms with Crippen molar-refractivity contribution in [1.82, 2.24) is 0 Å². The lowest BCUT2D eigenvalue weighted by Gasteiger charge is -2.09. The normalized spacial score (nSPS) is 50.9. The summed E-state index contributed by atoms with van der Waals surface area (Å²) in [7, 11) is 0. The molecule has 0 atom stereocenters. The highest BCUT2D eigenvalue weighted by Crippen LogP contribution is 1.93. The Morgan fingerprint density at radius 2 is 1.71 bits per heavy atom. The molecule has 0 amide bonds. The van der Waals surface area contributed by atoms with Gasteiger partial charge in [0.2, 0.25) is 0 Å². The van der Waals surface area contributed by atoms with Crippen molar-refractivity contribution in [3.8, 4) is 0 Å². The Morgan fingerprint density at radius 1 is 1.29 bits per heavy atom. The highest BCUT2D eigenvalue weighted by Gasteiger charge is 1.94. The zero-order chi connectivity index (χ0) is 17.7. The molecular formula is C6H14O. The molecule has 0 unspecified atom stereocenters. The van der Waals surface area contributed by atoms with Crippen LogP contribution in [0.3, 0.4) is 0 Å². The van der Waals surface area contributed by atoms with Crippen LogP contribution in [0.15, 0.2) is 0 Å². The van der Waals surface area contributed by atoms with E-state index in [-0.39, 0.29) is 0 Å². The van der Waals surface area contributed by atoms with Gasteiger partial charge in [-0.1, -0.05) is 0 Å². The molecule has 44 valence electrons. The zero-order valence-corrected chi connectivity index (χ0v) is 3.41. The molecular weight excluding hydrogens is 88.1 g/mol. The van der Waals surface area contributed by atoms with Gasteiger partial charge in [0.1, 0.15) is 0 Å². The van der Waals surface area contributed by atoms with Crippen LogP contribution < -0.4 is 0 Å². The van der Waals surface area contributed by atoms with Crippen LogP contribution >= 0.6 is 0 Å². The summed E-state index contributed by atoms with van der Waals surface area (Å²) in [5.41, 5.74) is 0. The number of hydrogen-bond acceptors (Lipinski definition) is 1. The Kier molecular flexibility index (Phi) is 0.268. The van der Waals surface area contributed by atoms with Crippen molar-refractivity contribution in [3.63, 3.8) is 0 Å². The maximum atomic E-state index is 7.47. The Bertz CT molecular complexity index is 303. The second-order valence-corrected chi connectivity index (χ2v) is 0.760. The van der Waals surface area contributed by atoms with Crippen molar-refractivity contribution in [2.45, 2.75) is 39.6 Å². The zero-order valence-electron chi connectivity index (χ0n) is 17.4. The molecule has 7 heavy (non-hydrogen) atoms. The second kappa shape index (κ2) is 3.03. The molecule has 0 saturated heterocycles. The van der Waals surface area contributed by atoms with E-state index in [0.717, 1.165) is 0 Å². The molecule has 1 nitrogen and oxygen atoms in total. The fourth-order valence-electron chi connectivity index (χ4n) is 0.102. The first-order chi connectivity index (χ1) is 8.71. The molecule has 0 aliphatic carbocycles. The Hall–Kier alpha value is -0.0400. The van der Waals surface area contributed by atoms with E-state index in [4.69, 9.17) is 19.2 Å². The molecule has 0 spiro atoms. The van der Waals surface area contributed by atoms with E-state index >= 15 is 0 Å². The molecule has 0 aromatic rings. The van der Waals surface area contributed by atoms with E-state index in [9.17, 15) is 0 Å². The van der Waals surface area contributed by atoms with Crippen molar-refractivity contribution in [2.75, 3.05) is 0 Å². The van der Waals surface area contributed by atoms with Crippen molar-refractivity contribution in [1.29, 1.82) is 0 Å². The minimum atomic E-state index is -3.88. The van der Waals surface area contributed by atoms with Crippen molar-refractivity contribution < 1.29 is 23.9 Å². The predicted molar refractivity (Wildman–Crippen MR) is 31.4 cm³/mol. The Balaban J connectivity index is 6.15. The second-order valence-electron chi connectivity index (χ2n) is 0.760. The third-order valence-corrected chi connectivity index (χ3v) is 0.204. The fraction of sp³-hybridized carbons (Fsp3) is 1.00. The smallest absolute Gasteiger partial charge is 0.0598 e. The van der Waals surface area contributed by atoms with Gasteiger partial charge >= 0.3 is 0 Å². The van der Waals surface area contributed by atoms with E-state index < -0.39 is 39.6 Å². The van der Waals surface area contributed by atoms with Gasteiger partial charge in [-0.25, -0.2) is 0 Å². The highest BCUT2D eigenvalue weighted by atomic mass is 16.5. The average Bonchev–Trinajstić information content (AvgIpc) is 2.09. The van der Waals surface area contributed by atoms with Crippen LogP contribution in [0, 0.1) is 0 Å². The summed E-state index contributed by atoms with van der Waals surface area (Å²) in [6.45, 7) is -14.8. The minimum absolute atomic E-state index is 3.71. The topological polar surface area (TPSA) is 9.23 Å². The molecule has 0 aromatic heterocycles. The molecule has 0 fully saturated rings. The van der Waals surface area contributed by atoms with Gasteiger partial charge in [-0.15, -0.1) is 0 Å². The molecule has 0 heterocycles. The SMILES string of the molecule is [2H]C([2H])([2H])C([2H])(OC([2H])(C([2H])([2H])[2H])C([2H])([2H])[2H])C([2H])([2H])[2H]. The molecule has 0 aromatic carbocycles. The van der Waals surface area contributed by atoms with Gasteiger partial charge in [-0.2, -0.15) is 0 Å². The first-order valence-electron chi connectivity index (χ1n) is 8.41. The Morgan fingerprint density at radius 3 is 2.00 bits per heavy atom. The average molecular weight is 116 g/mol. The standard InChI is InChI=1S/C6H14O/c1-5(2)7-6(3)4/h5-6H,1-4H3/i1D3,2D3,3D3,4D3,5D,6D. The molecule has 0 N–H and O–H groups in total. The summed E-state index contributed by atoms with van der Waals surface area (Å²) in [6.07, 6.45) is -7.77. The van der Waals surface area contributed by atoms with E-state index in [0.29, 0.717) is 0 Å². The van der Waals surface area contributed by atoms with Gasteiger partial charge in [-0.3, -0.25) is 0 Å². The monoisotopic (exact) mass is 116 g/mol. The summed E-state index contributed by atoms with van der Waals surface area (Å²) in [6, 6.07) is 0. The van der Waals surface area contributed by atoms with Gasteiger partial charge in [0, 0.05) is 16.4 Å². The van der Waals surface area contributed by atoms with Crippen LogP contribution in [0.4, 0.5) is 0 Å². The van der Waals surface area contributed by atoms with Gasteiger partial charge in [0.15, 0.2) is 0 Å². The third kappa shape index (κ3) is 5.96. The number of hydrogen-bond donors (Lipinski definition) is 0. The van der Waals surface area contributed by atoms with Gasteiger partial charge in [0.05, 0.1) is 14.9 Å². The van der Waals surface area contributed by atoms with Crippen LogP contribution in [0.1, 0.15) is 46.6 Å². The van der Waals surface area contributed by atoms with Gasteiger partial charge < -0.3 is 4.74 Å². The van der Waals surface area contributed by atoms with Crippen LogP contribution in [0.25, 0.3) is 0 Å². The summed E-state index contributed by atoms with van der Waals surface area (Å²) in [4.78, 5) is 0. The first-order valence-corrected chi connectivity index (χ1v) is 1.41. The largest absolute Gasteiger partial charge is 0.376 e. The first kappa shape index (κ1) is 0.621. The lowest BCUT2D eigenvalue weighted by Crippen LogP contribution is -2.09. The molecule has 0 rings (SSSR count). The van der Waals surface area contributed by atoms with E-state index in [1.54, 1.807) is 0 Å². The lowest BCUT2D eigenvalue weighted by atomic mass is 10.4. The molecule has 1 heteroatoms. The molecule has 0 bridgehead atoms. The summed E-state index contributed by atoms with van der Waals surface area (Å²) >= 11 is 0. The Labute approximate surface area is 65.3 Å². The third-order valence-electron chi connectivity index (χ3n) is 0.204. The maximum Gasteiger partial charge on any atom is 0.0598 e. The molecule has 0 aliphatic rings. The van der Waals surface area contributed by atoms with Crippen LogP contribution in [0.2, 0.25) is 0 Å². The van der Waals surface area contributed by atoms with Crippen LogP contribution in [-0.2, 0) is 4.74 Å². The highest BCUT2D eigenvalue weighted by molar-refractivity contribution is 4.40. The quantitative estimate of drug-likeness (QED) is 0.535. The van der Waals surface area contributed by atoms with Crippen molar-refractivity contribution in [3.05, 3.63) is 0 Å². The summed E-state index contributed by atoms with van der Waals surface area (Å²) in [5, 5.41) is 0. The predicted octanol–water partition coefficient (Wildman–Crippen LogP) is 1.82. The van der Waals surface area contributed by atoms with E-state index in [1.165, 1.54) is 0 Å².